The standard InChI is InChI=1S/C18H19N5O3/c1-12(23-15-7-5-4-6-14(15)20-22-23)18(24)21-19-11-13-8-9-16(25-2)17(10-13)26-3/h4-12H,1-3H3,(H,21,24)/t12-/m0/s1. The Morgan fingerprint density at radius 1 is 1.19 bits per heavy atom. The van der Waals surface area contributed by atoms with Gasteiger partial charge in [0.2, 0.25) is 0 Å². The van der Waals surface area contributed by atoms with Gasteiger partial charge in [-0.05, 0) is 42.8 Å². The molecule has 0 spiro atoms. The first kappa shape index (κ1) is 17.4. The van der Waals surface area contributed by atoms with Gasteiger partial charge in [0.15, 0.2) is 11.5 Å². The zero-order valence-electron chi connectivity index (χ0n) is 14.7. The van der Waals surface area contributed by atoms with Crippen LogP contribution in [0.2, 0.25) is 0 Å². The van der Waals surface area contributed by atoms with Gasteiger partial charge in [0.25, 0.3) is 5.91 Å². The van der Waals surface area contributed by atoms with E-state index in [-0.39, 0.29) is 5.91 Å². The summed E-state index contributed by atoms with van der Waals surface area (Å²) in [6, 6.07) is 12.3. The van der Waals surface area contributed by atoms with Gasteiger partial charge in [-0.1, -0.05) is 17.3 Å². The molecule has 8 heteroatoms. The number of amides is 1. The highest BCUT2D eigenvalue weighted by Crippen LogP contribution is 2.26. The Kier molecular flexibility index (Phi) is 5.12. The average molecular weight is 353 g/mol. The third-order valence-corrected chi connectivity index (χ3v) is 3.92. The highest BCUT2D eigenvalue weighted by atomic mass is 16.5. The average Bonchev–Trinajstić information content (AvgIpc) is 3.11. The summed E-state index contributed by atoms with van der Waals surface area (Å²) in [4.78, 5) is 12.3. The second kappa shape index (κ2) is 7.64. The quantitative estimate of drug-likeness (QED) is 0.542. The van der Waals surface area contributed by atoms with Crippen molar-refractivity contribution in [3.63, 3.8) is 0 Å². The molecule has 1 N–H and O–H groups in total. The summed E-state index contributed by atoms with van der Waals surface area (Å²) in [6.07, 6.45) is 1.53. The van der Waals surface area contributed by atoms with Crippen LogP contribution in [0.3, 0.4) is 0 Å². The minimum Gasteiger partial charge on any atom is -0.493 e. The highest BCUT2D eigenvalue weighted by Gasteiger charge is 2.18. The Morgan fingerprint density at radius 2 is 1.96 bits per heavy atom. The molecule has 0 radical (unpaired) electrons. The van der Waals surface area contributed by atoms with Gasteiger partial charge in [0, 0.05) is 0 Å². The van der Waals surface area contributed by atoms with Gasteiger partial charge in [-0.3, -0.25) is 4.79 Å². The molecule has 1 heterocycles. The lowest BCUT2D eigenvalue weighted by atomic mass is 10.2. The van der Waals surface area contributed by atoms with Crippen molar-refractivity contribution in [1.29, 1.82) is 0 Å². The minimum absolute atomic E-state index is 0.294. The number of ether oxygens (including phenoxy) is 2. The molecule has 0 saturated heterocycles. The van der Waals surface area contributed by atoms with E-state index in [1.54, 1.807) is 38.0 Å². The van der Waals surface area contributed by atoms with Gasteiger partial charge in [-0.15, -0.1) is 5.10 Å². The molecule has 0 fully saturated rings. The van der Waals surface area contributed by atoms with Gasteiger partial charge in [0.05, 0.1) is 26.0 Å². The molecule has 2 aromatic carbocycles. The zero-order chi connectivity index (χ0) is 18.5. The van der Waals surface area contributed by atoms with Crippen LogP contribution < -0.4 is 14.9 Å². The molecule has 0 unspecified atom stereocenters. The number of carbonyl (C=O) groups is 1. The van der Waals surface area contributed by atoms with Crippen molar-refractivity contribution in [2.75, 3.05) is 14.2 Å². The van der Waals surface area contributed by atoms with Crippen molar-refractivity contribution < 1.29 is 14.3 Å². The van der Waals surface area contributed by atoms with Crippen molar-refractivity contribution in [3.8, 4) is 11.5 Å². The molecule has 8 nitrogen and oxygen atoms in total. The number of hydrogen-bond acceptors (Lipinski definition) is 6. The number of aromatic nitrogens is 3. The molecule has 3 aromatic rings. The number of para-hydroxylation sites is 1. The molecule has 1 amide bonds. The van der Waals surface area contributed by atoms with Crippen LogP contribution in [0.1, 0.15) is 18.5 Å². The molecule has 134 valence electrons. The summed E-state index contributed by atoms with van der Waals surface area (Å²) in [6.45, 7) is 1.74. The minimum atomic E-state index is -0.551. The maximum Gasteiger partial charge on any atom is 0.264 e. The van der Waals surface area contributed by atoms with E-state index >= 15 is 0 Å². The number of hydrazone groups is 1. The summed E-state index contributed by atoms with van der Waals surface area (Å²) in [5.74, 6) is 0.919. The summed E-state index contributed by atoms with van der Waals surface area (Å²) in [7, 11) is 3.13. The first-order valence-corrected chi connectivity index (χ1v) is 7.99. The lowest BCUT2D eigenvalue weighted by Crippen LogP contribution is -2.28. The Balaban J connectivity index is 1.69. The molecule has 0 aliphatic rings. The van der Waals surface area contributed by atoms with Crippen LogP contribution in [0.15, 0.2) is 47.6 Å². The van der Waals surface area contributed by atoms with E-state index in [1.165, 1.54) is 6.21 Å². The van der Waals surface area contributed by atoms with E-state index in [9.17, 15) is 4.79 Å². The largest absolute Gasteiger partial charge is 0.493 e. The smallest absolute Gasteiger partial charge is 0.264 e. The predicted molar refractivity (Wildman–Crippen MR) is 97.5 cm³/mol. The number of carbonyl (C=O) groups excluding carboxylic acids is 1. The van der Waals surface area contributed by atoms with Crippen LogP contribution in [0.5, 0.6) is 11.5 Å². The van der Waals surface area contributed by atoms with Crippen LogP contribution in [-0.4, -0.2) is 41.3 Å². The number of nitrogens with one attached hydrogen (secondary N) is 1. The first-order chi connectivity index (χ1) is 12.6. The molecular weight excluding hydrogens is 334 g/mol. The fraction of sp³-hybridized carbons (Fsp3) is 0.222. The molecule has 0 bridgehead atoms. The van der Waals surface area contributed by atoms with E-state index in [2.05, 4.69) is 20.8 Å². The van der Waals surface area contributed by atoms with E-state index < -0.39 is 6.04 Å². The van der Waals surface area contributed by atoms with Gasteiger partial charge >= 0.3 is 0 Å². The lowest BCUT2D eigenvalue weighted by Gasteiger charge is -2.10. The van der Waals surface area contributed by atoms with E-state index in [1.807, 2.05) is 30.3 Å². The SMILES string of the molecule is COc1ccc(C=NNC(=O)[C@H](C)n2nnc3ccccc32)cc1OC. The summed E-state index contributed by atoms with van der Waals surface area (Å²) in [5.41, 5.74) is 4.81. The Labute approximate surface area is 150 Å². The number of rotatable bonds is 6. The van der Waals surface area contributed by atoms with E-state index in [0.717, 1.165) is 16.6 Å². The lowest BCUT2D eigenvalue weighted by molar-refractivity contribution is -0.124. The highest BCUT2D eigenvalue weighted by molar-refractivity contribution is 5.85. The van der Waals surface area contributed by atoms with Gasteiger partial charge in [-0.2, -0.15) is 5.10 Å². The Morgan fingerprint density at radius 3 is 2.73 bits per heavy atom. The maximum atomic E-state index is 12.3. The zero-order valence-corrected chi connectivity index (χ0v) is 14.7. The van der Waals surface area contributed by atoms with Gasteiger partial charge < -0.3 is 9.47 Å². The van der Waals surface area contributed by atoms with Crippen molar-refractivity contribution in [2.45, 2.75) is 13.0 Å². The first-order valence-electron chi connectivity index (χ1n) is 7.99. The van der Waals surface area contributed by atoms with Crippen LogP contribution in [0, 0.1) is 0 Å². The van der Waals surface area contributed by atoms with Gasteiger partial charge in [-0.25, -0.2) is 10.1 Å². The van der Waals surface area contributed by atoms with Crippen molar-refractivity contribution >= 4 is 23.2 Å². The van der Waals surface area contributed by atoms with Crippen LogP contribution in [-0.2, 0) is 4.79 Å². The van der Waals surface area contributed by atoms with Crippen LogP contribution in [0.25, 0.3) is 11.0 Å². The number of fused-ring (bicyclic) bond motifs is 1. The molecular formula is C18H19N5O3. The Bertz CT molecular complexity index is 951. The third-order valence-electron chi connectivity index (χ3n) is 3.92. The van der Waals surface area contributed by atoms with E-state index in [4.69, 9.17) is 9.47 Å². The fourth-order valence-corrected chi connectivity index (χ4v) is 2.48. The second-order valence-electron chi connectivity index (χ2n) is 5.55. The molecule has 3 rings (SSSR count). The fourth-order valence-electron chi connectivity index (χ4n) is 2.48. The molecule has 26 heavy (non-hydrogen) atoms. The number of hydrogen-bond donors (Lipinski definition) is 1. The maximum absolute atomic E-state index is 12.3. The number of nitrogens with zero attached hydrogens (tertiary/aromatic N) is 4. The summed E-state index contributed by atoms with van der Waals surface area (Å²) < 4.78 is 12.0. The monoisotopic (exact) mass is 353 g/mol. The number of benzene rings is 2. The summed E-state index contributed by atoms with van der Waals surface area (Å²) in [5, 5.41) is 12.1. The van der Waals surface area contributed by atoms with E-state index in [0.29, 0.717) is 11.5 Å². The molecule has 1 aromatic heterocycles. The van der Waals surface area contributed by atoms with Crippen LogP contribution in [0.4, 0.5) is 0 Å². The van der Waals surface area contributed by atoms with Crippen molar-refractivity contribution in [2.24, 2.45) is 5.10 Å². The topological polar surface area (TPSA) is 90.6 Å². The molecule has 0 saturated carbocycles. The predicted octanol–water partition coefficient (Wildman–Crippen LogP) is 2.16. The number of methoxy groups -OCH3 is 2. The second-order valence-corrected chi connectivity index (χ2v) is 5.55. The van der Waals surface area contributed by atoms with Crippen molar-refractivity contribution in [3.05, 3.63) is 48.0 Å². The Hall–Kier alpha value is -3.42. The summed E-state index contributed by atoms with van der Waals surface area (Å²) >= 11 is 0. The third kappa shape index (κ3) is 3.49. The molecule has 1 atom stereocenters. The molecule has 0 aliphatic heterocycles. The van der Waals surface area contributed by atoms with Crippen LogP contribution >= 0.6 is 0 Å². The normalized spacial score (nSPS) is 12.3. The van der Waals surface area contributed by atoms with Crippen molar-refractivity contribution in [1.82, 2.24) is 20.4 Å². The van der Waals surface area contributed by atoms with Gasteiger partial charge in [0.1, 0.15) is 11.6 Å². The molecule has 0 aliphatic carbocycles.